The van der Waals surface area contributed by atoms with Gasteiger partial charge in [-0.25, -0.2) is 0 Å². The largest absolute Gasteiger partial charge is 0.469 e. The first-order chi connectivity index (χ1) is 14.0. The van der Waals surface area contributed by atoms with Crippen LogP contribution in [0.25, 0.3) is 16.3 Å². The van der Waals surface area contributed by atoms with Crippen molar-refractivity contribution in [3.8, 4) is 0 Å². The molecule has 0 spiro atoms. The Bertz CT molecular complexity index is 1180. The molecular weight excluding hydrogens is 394 g/mol. The van der Waals surface area contributed by atoms with Crippen molar-refractivity contribution >= 4 is 45.2 Å². The van der Waals surface area contributed by atoms with E-state index in [1.165, 1.54) is 42.7 Å². The Morgan fingerprint density at radius 3 is 2.79 bits per heavy atom. The molecule has 0 unspecified atom stereocenters. The summed E-state index contributed by atoms with van der Waals surface area (Å²) >= 11 is 1.34. The lowest BCUT2D eigenvalue weighted by atomic mass is 10.2. The molecule has 0 saturated heterocycles. The fourth-order valence-corrected chi connectivity index (χ4v) is 3.73. The van der Waals surface area contributed by atoms with E-state index in [4.69, 9.17) is 4.74 Å². The molecular formula is C20H17N3O5S. The Kier molecular flexibility index (Phi) is 6.30. The summed E-state index contributed by atoms with van der Waals surface area (Å²) in [6.07, 6.45) is 2.89. The Hall–Kier alpha value is -3.59. The van der Waals surface area contributed by atoms with Crippen LogP contribution in [0.5, 0.6) is 0 Å². The summed E-state index contributed by atoms with van der Waals surface area (Å²) < 4.78 is 7.43. The number of carbonyl (C=O) groups is 2. The number of nitrogens with zero attached hydrogens (tertiary/aromatic N) is 3. The molecule has 1 aromatic heterocycles. The lowest BCUT2D eigenvalue weighted by Crippen LogP contribution is -2.18. The normalized spacial score (nSPS) is 11.8. The topological polar surface area (TPSA) is 104 Å². The van der Waals surface area contributed by atoms with E-state index in [2.05, 4.69) is 4.99 Å². The molecule has 9 heteroatoms. The van der Waals surface area contributed by atoms with Crippen LogP contribution in [-0.4, -0.2) is 28.5 Å². The van der Waals surface area contributed by atoms with Crippen molar-refractivity contribution in [2.45, 2.75) is 13.0 Å². The van der Waals surface area contributed by atoms with Crippen LogP contribution in [0.1, 0.15) is 12.0 Å². The van der Waals surface area contributed by atoms with Gasteiger partial charge in [0.2, 0.25) is 0 Å². The molecule has 2 aromatic carbocycles. The highest BCUT2D eigenvalue weighted by molar-refractivity contribution is 7.16. The van der Waals surface area contributed by atoms with Crippen LogP contribution in [0.15, 0.2) is 59.6 Å². The molecule has 1 amide bonds. The van der Waals surface area contributed by atoms with Crippen LogP contribution in [0.4, 0.5) is 5.69 Å². The minimum Gasteiger partial charge on any atom is -0.469 e. The van der Waals surface area contributed by atoms with Crippen LogP contribution in [-0.2, 0) is 20.9 Å². The molecule has 0 radical (unpaired) electrons. The number of benzene rings is 2. The Morgan fingerprint density at radius 2 is 2.03 bits per heavy atom. The SMILES string of the molecule is COC(=O)CCn1c(=NC(=O)/C=C/c2cccc([N+](=O)[O-])c2)sc2ccccc21. The Balaban J connectivity index is 1.90. The fourth-order valence-electron chi connectivity index (χ4n) is 2.67. The van der Waals surface area contributed by atoms with E-state index in [0.717, 1.165) is 10.2 Å². The highest BCUT2D eigenvalue weighted by Crippen LogP contribution is 2.17. The number of thiazole rings is 1. The van der Waals surface area contributed by atoms with E-state index >= 15 is 0 Å². The van der Waals surface area contributed by atoms with E-state index in [1.807, 2.05) is 24.3 Å². The van der Waals surface area contributed by atoms with Crippen molar-refractivity contribution in [3.05, 3.63) is 75.1 Å². The minimum atomic E-state index is -0.505. The van der Waals surface area contributed by atoms with Crippen LogP contribution in [0.2, 0.25) is 0 Å². The first-order valence-corrected chi connectivity index (χ1v) is 9.46. The van der Waals surface area contributed by atoms with E-state index in [0.29, 0.717) is 16.9 Å². The molecule has 0 aliphatic rings. The summed E-state index contributed by atoms with van der Waals surface area (Å²) in [6.45, 7) is 0.331. The summed E-state index contributed by atoms with van der Waals surface area (Å²) in [4.78, 5) is 38.8. The monoisotopic (exact) mass is 411 g/mol. The maximum Gasteiger partial charge on any atom is 0.307 e. The number of non-ortho nitro benzene ring substituents is 1. The number of carbonyl (C=O) groups excluding carboxylic acids is 2. The molecule has 0 fully saturated rings. The number of hydrogen-bond donors (Lipinski definition) is 0. The zero-order valence-corrected chi connectivity index (χ0v) is 16.3. The molecule has 0 N–H and O–H groups in total. The number of para-hydroxylation sites is 1. The number of esters is 1. The van der Waals surface area contributed by atoms with E-state index in [1.54, 1.807) is 16.7 Å². The third-order valence-corrected chi connectivity index (χ3v) is 5.12. The van der Waals surface area contributed by atoms with Crippen molar-refractivity contribution < 1.29 is 19.2 Å². The molecule has 0 aliphatic heterocycles. The summed E-state index contributed by atoms with van der Waals surface area (Å²) in [7, 11) is 1.33. The molecule has 3 rings (SSSR count). The molecule has 0 bridgehead atoms. The van der Waals surface area contributed by atoms with Crippen molar-refractivity contribution in [2.75, 3.05) is 7.11 Å². The number of aromatic nitrogens is 1. The standard InChI is InChI=1S/C20H17N3O5S/c1-28-19(25)11-12-22-16-7-2-3-8-17(16)29-20(22)21-18(24)10-9-14-5-4-6-15(13-14)23(26)27/h2-10,13H,11-12H2,1H3/b10-9+,21-20?. The average molecular weight is 411 g/mol. The molecule has 148 valence electrons. The Morgan fingerprint density at radius 1 is 1.24 bits per heavy atom. The minimum absolute atomic E-state index is 0.0540. The number of hydrogen-bond acceptors (Lipinski definition) is 6. The molecule has 1 heterocycles. The van der Waals surface area contributed by atoms with Crippen LogP contribution < -0.4 is 4.80 Å². The van der Waals surface area contributed by atoms with Crippen molar-refractivity contribution in [1.29, 1.82) is 0 Å². The molecule has 0 atom stereocenters. The maximum atomic E-state index is 12.3. The second-order valence-electron chi connectivity index (χ2n) is 5.97. The number of rotatable bonds is 6. The van der Waals surface area contributed by atoms with Gasteiger partial charge in [-0.2, -0.15) is 4.99 Å². The van der Waals surface area contributed by atoms with Gasteiger partial charge >= 0.3 is 5.97 Å². The molecule has 0 saturated carbocycles. The van der Waals surface area contributed by atoms with Gasteiger partial charge in [-0.15, -0.1) is 0 Å². The van der Waals surface area contributed by atoms with Crippen LogP contribution in [0, 0.1) is 10.1 Å². The van der Waals surface area contributed by atoms with Gasteiger partial charge < -0.3 is 9.30 Å². The van der Waals surface area contributed by atoms with Gasteiger partial charge in [0.05, 0.1) is 28.7 Å². The lowest BCUT2D eigenvalue weighted by Gasteiger charge is -2.03. The number of nitro groups is 1. The van der Waals surface area contributed by atoms with Crippen molar-refractivity contribution in [2.24, 2.45) is 4.99 Å². The second-order valence-corrected chi connectivity index (χ2v) is 6.97. The van der Waals surface area contributed by atoms with Crippen molar-refractivity contribution in [3.63, 3.8) is 0 Å². The zero-order valence-electron chi connectivity index (χ0n) is 15.5. The smallest absolute Gasteiger partial charge is 0.307 e. The lowest BCUT2D eigenvalue weighted by molar-refractivity contribution is -0.384. The van der Waals surface area contributed by atoms with Crippen LogP contribution >= 0.6 is 11.3 Å². The average Bonchev–Trinajstić information content (AvgIpc) is 3.07. The molecule has 3 aromatic rings. The molecule has 8 nitrogen and oxygen atoms in total. The third kappa shape index (κ3) is 5.02. The van der Waals surface area contributed by atoms with Gasteiger partial charge in [-0.1, -0.05) is 35.6 Å². The van der Waals surface area contributed by atoms with Gasteiger partial charge in [-0.05, 0) is 23.8 Å². The second kappa shape index (κ2) is 9.07. The van der Waals surface area contributed by atoms with Gasteiger partial charge in [0.15, 0.2) is 4.80 Å². The molecule has 0 aliphatic carbocycles. The third-order valence-electron chi connectivity index (χ3n) is 4.06. The van der Waals surface area contributed by atoms with Crippen molar-refractivity contribution in [1.82, 2.24) is 4.57 Å². The van der Waals surface area contributed by atoms with E-state index in [9.17, 15) is 19.7 Å². The van der Waals surface area contributed by atoms with Gasteiger partial charge in [0.25, 0.3) is 11.6 Å². The maximum absolute atomic E-state index is 12.3. The number of methoxy groups -OCH3 is 1. The Labute approximate surface area is 169 Å². The molecule has 29 heavy (non-hydrogen) atoms. The van der Waals surface area contributed by atoms with E-state index < -0.39 is 10.8 Å². The summed E-state index contributed by atoms with van der Waals surface area (Å²) in [5.74, 6) is -0.856. The van der Waals surface area contributed by atoms with Gasteiger partial charge in [-0.3, -0.25) is 19.7 Å². The number of ether oxygens (including phenoxy) is 1. The van der Waals surface area contributed by atoms with E-state index in [-0.39, 0.29) is 18.1 Å². The number of amides is 1. The predicted molar refractivity (Wildman–Crippen MR) is 109 cm³/mol. The number of fused-ring (bicyclic) bond motifs is 1. The van der Waals surface area contributed by atoms with Crippen LogP contribution in [0.3, 0.4) is 0 Å². The number of aryl methyl sites for hydroxylation is 1. The number of nitro benzene ring substituents is 1. The highest BCUT2D eigenvalue weighted by Gasteiger charge is 2.09. The zero-order chi connectivity index (χ0) is 20.8. The first kappa shape index (κ1) is 20.2. The van der Waals surface area contributed by atoms with Gasteiger partial charge in [0.1, 0.15) is 0 Å². The summed E-state index contributed by atoms with van der Waals surface area (Å²) in [6, 6.07) is 13.5. The quantitative estimate of drug-likeness (QED) is 0.268. The van der Waals surface area contributed by atoms with Gasteiger partial charge in [0, 0.05) is 24.8 Å². The highest BCUT2D eigenvalue weighted by atomic mass is 32.1. The fraction of sp³-hybridized carbons (Fsp3) is 0.150. The summed E-state index contributed by atoms with van der Waals surface area (Å²) in [5, 5.41) is 10.8. The predicted octanol–water partition coefficient (Wildman–Crippen LogP) is 3.31. The first-order valence-electron chi connectivity index (χ1n) is 8.64. The summed E-state index contributed by atoms with van der Waals surface area (Å²) in [5.41, 5.74) is 1.34.